The van der Waals surface area contributed by atoms with Crippen LogP contribution in [-0.2, 0) is 5.54 Å². The Kier molecular flexibility index (Phi) is 4.01. The van der Waals surface area contributed by atoms with Gasteiger partial charge in [0.05, 0.1) is 28.7 Å². The lowest BCUT2D eigenvalue weighted by atomic mass is 9.77. The molecule has 180 valence electrons. The van der Waals surface area contributed by atoms with Crippen molar-refractivity contribution in [2.24, 2.45) is 5.73 Å². The van der Waals surface area contributed by atoms with Crippen molar-refractivity contribution >= 4 is 16.9 Å². The molecule has 2 bridgehead atoms. The number of fused-ring (bicyclic) bond motifs is 9. The van der Waals surface area contributed by atoms with Gasteiger partial charge in [-0.25, -0.2) is 15.0 Å². The molecule has 2 aliphatic carbocycles. The van der Waals surface area contributed by atoms with Crippen molar-refractivity contribution in [3.8, 4) is 11.1 Å². The molecule has 2 N–H and O–H groups in total. The summed E-state index contributed by atoms with van der Waals surface area (Å²) in [5, 5.41) is 0. The lowest BCUT2D eigenvalue weighted by molar-refractivity contribution is 0.0734. The standard InChI is InChI=1S/C29H28N6O/c1-34-24-13-23(25-19(16-6-7-16)4-2-5-20(25)27(34)36)35-22-12-17(8-9-21(22)33-26(24)35)18-14-31-28(32-15-18)29(30)10-3-11-29/h2,4-5,8-9,12,14-16,23-24H,3,6-7,10-11,13,30H2,1H3/t23-,24-/m1/s1. The lowest BCUT2D eigenvalue weighted by Gasteiger charge is -2.36. The third kappa shape index (κ3) is 2.72. The summed E-state index contributed by atoms with van der Waals surface area (Å²) >= 11 is 0. The molecule has 4 aromatic rings. The minimum Gasteiger partial charge on any atom is -0.331 e. The van der Waals surface area contributed by atoms with E-state index in [-0.39, 0.29) is 23.5 Å². The summed E-state index contributed by atoms with van der Waals surface area (Å²) < 4.78 is 2.40. The molecule has 2 aromatic carbocycles. The number of rotatable bonds is 3. The van der Waals surface area contributed by atoms with Gasteiger partial charge < -0.3 is 15.2 Å². The molecule has 2 saturated carbocycles. The van der Waals surface area contributed by atoms with E-state index in [1.807, 2.05) is 30.4 Å². The fourth-order valence-corrected chi connectivity index (χ4v) is 6.59. The predicted molar refractivity (Wildman–Crippen MR) is 136 cm³/mol. The van der Waals surface area contributed by atoms with E-state index in [0.717, 1.165) is 65.1 Å². The Morgan fingerprint density at radius 3 is 2.56 bits per heavy atom. The second kappa shape index (κ2) is 7.01. The van der Waals surface area contributed by atoms with Crippen LogP contribution in [0.25, 0.3) is 22.2 Å². The molecule has 4 aliphatic rings. The number of hydrogen-bond donors (Lipinski definition) is 1. The van der Waals surface area contributed by atoms with Crippen LogP contribution >= 0.6 is 0 Å². The normalized spacial score (nSPS) is 23.8. The minimum absolute atomic E-state index is 0.0244. The van der Waals surface area contributed by atoms with Crippen LogP contribution in [0.4, 0.5) is 0 Å². The first-order valence-corrected chi connectivity index (χ1v) is 13.1. The summed E-state index contributed by atoms with van der Waals surface area (Å²) in [4.78, 5) is 29.7. The van der Waals surface area contributed by atoms with Gasteiger partial charge in [-0.05, 0) is 72.9 Å². The maximum atomic E-state index is 13.5. The summed E-state index contributed by atoms with van der Waals surface area (Å²) in [6, 6.07) is 12.8. The molecule has 8 rings (SSSR count). The molecule has 2 atom stereocenters. The van der Waals surface area contributed by atoms with E-state index < -0.39 is 0 Å². The summed E-state index contributed by atoms with van der Waals surface area (Å²) in [5.41, 5.74) is 13.6. The predicted octanol–water partition coefficient (Wildman–Crippen LogP) is 4.83. The Hall–Kier alpha value is -3.58. The Bertz CT molecular complexity index is 1560. The van der Waals surface area contributed by atoms with Crippen molar-refractivity contribution < 1.29 is 4.79 Å². The van der Waals surface area contributed by atoms with Gasteiger partial charge in [0.1, 0.15) is 11.6 Å². The highest BCUT2D eigenvalue weighted by atomic mass is 16.2. The molecule has 2 aromatic heterocycles. The first-order valence-electron chi connectivity index (χ1n) is 13.1. The molecule has 1 amide bonds. The number of aromatic nitrogens is 4. The van der Waals surface area contributed by atoms with Gasteiger partial charge in [0, 0.05) is 37.0 Å². The first kappa shape index (κ1) is 20.6. The summed E-state index contributed by atoms with van der Waals surface area (Å²) in [6.45, 7) is 0. The molecular weight excluding hydrogens is 448 g/mol. The number of hydrogen-bond acceptors (Lipinski definition) is 5. The van der Waals surface area contributed by atoms with Crippen LogP contribution in [0, 0.1) is 0 Å². The third-order valence-corrected chi connectivity index (χ3v) is 8.96. The Labute approximate surface area is 209 Å². The zero-order chi connectivity index (χ0) is 24.2. The molecule has 0 saturated heterocycles. The topological polar surface area (TPSA) is 89.9 Å². The number of nitrogens with two attached hydrogens (primary N) is 1. The van der Waals surface area contributed by atoms with Gasteiger partial charge in [0.25, 0.3) is 5.91 Å². The maximum absolute atomic E-state index is 13.5. The maximum Gasteiger partial charge on any atom is 0.254 e. The monoisotopic (exact) mass is 476 g/mol. The van der Waals surface area contributed by atoms with E-state index in [2.05, 4.69) is 44.9 Å². The summed E-state index contributed by atoms with van der Waals surface area (Å²) in [6.07, 6.45) is 10.1. The van der Waals surface area contributed by atoms with Crippen LogP contribution in [0.5, 0.6) is 0 Å². The number of imidazole rings is 1. The number of carbonyl (C=O) groups excluding carboxylic acids is 1. The largest absolute Gasteiger partial charge is 0.331 e. The highest BCUT2D eigenvalue weighted by Crippen LogP contribution is 2.52. The van der Waals surface area contributed by atoms with Crippen molar-refractivity contribution in [2.45, 2.75) is 62.1 Å². The summed E-state index contributed by atoms with van der Waals surface area (Å²) in [7, 11) is 1.93. The molecular formula is C29H28N6O. The number of benzene rings is 2. The van der Waals surface area contributed by atoms with E-state index in [1.165, 1.54) is 24.0 Å². The second-order valence-corrected chi connectivity index (χ2v) is 11.1. The van der Waals surface area contributed by atoms with Crippen LogP contribution in [0.3, 0.4) is 0 Å². The molecule has 7 heteroatoms. The zero-order valence-corrected chi connectivity index (χ0v) is 20.3. The average Bonchev–Trinajstić information content (AvgIpc) is 3.59. The van der Waals surface area contributed by atoms with Crippen molar-refractivity contribution in [3.63, 3.8) is 0 Å². The van der Waals surface area contributed by atoms with Crippen LogP contribution < -0.4 is 5.73 Å². The van der Waals surface area contributed by atoms with Gasteiger partial charge in [0.15, 0.2) is 0 Å². The fraction of sp³-hybridized carbons (Fsp3) is 0.379. The van der Waals surface area contributed by atoms with Crippen molar-refractivity contribution in [2.75, 3.05) is 7.05 Å². The average molecular weight is 477 g/mol. The smallest absolute Gasteiger partial charge is 0.254 e. The lowest BCUT2D eigenvalue weighted by Crippen LogP contribution is -2.44. The van der Waals surface area contributed by atoms with Crippen LogP contribution in [-0.4, -0.2) is 37.4 Å². The minimum atomic E-state index is -0.360. The zero-order valence-electron chi connectivity index (χ0n) is 20.3. The van der Waals surface area contributed by atoms with Gasteiger partial charge in [-0.1, -0.05) is 18.2 Å². The fourth-order valence-electron chi connectivity index (χ4n) is 6.59. The van der Waals surface area contributed by atoms with Crippen LogP contribution in [0.1, 0.15) is 89.7 Å². The summed E-state index contributed by atoms with van der Waals surface area (Å²) in [5.74, 6) is 2.41. The molecule has 0 spiro atoms. The van der Waals surface area contributed by atoms with Gasteiger partial charge in [-0.2, -0.15) is 0 Å². The van der Waals surface area contributed by atoms with Crippen molar-refractivity contribution in [3.05, 3.63) is 77.1 Å². The SMILES string of the molecule is CN1C(=O)c2cccc(C3CC3)c2[C@H]2C[C@@H]1c1nc3ccc(-c4cnc(C5(N)CCC5)nc4)cc3n12. The Balaban J connectivity index is 1.28. The molecule has 4 heterocycles. The van der Waals surface area contributed by atoms with E-state index >= 15 is 0 Å². The van der Waals surface area contributed by atoms with Crippen molar-refractivity contribution in [1.82, 2.24) is 24.4 Å². The third-order valence-electron chi connectivity index (χ3n) is 8.96. The van der Waals surface area contributed by atoms with Gasteiger partial charge >= 0.3 is 0 Å². The molecule has 0 unspecified atom stereocenters. The Morgan fingerprint density at radius 2 is 1.83 bits per heavy atom. The van der Waals surface area contributed by atoms with E-state index in [9.17, 15) is 4.79 Å². The Morgan fingerprint density at radius 1 is 1.03 bits per heavy atom. The van der Waals surface area contributed by atoms with E-state index in [0.29, 0.717) is 5.92 Å². The van der Waals surface area contributed by atoms with E-state index in [1.54, 1.807) is 0 Å². The second-order valence-electron chi connectivity index (χ2n) is 11.1. The molecule has 2 aliphatic heterocycles. The molecule has 0 radical (unpaired) electrons. The van der Waals surface area contributed by atoms with Gasteiger partial charge in [-0.15, -0.1) is 0 Å². The number of amides is 1. The number of nitrogens with zero attached hydrogens (tertiary/aromatic N) is 5. The van der Waals surface area contributed by atoms with E-state index in [4.69, 9.17) is 10.7 Å². The highest BCUT2D eigenvalue weighted by molar-refractivity contribution is 5.97. The van der Waals surface area contributed by atoms with Crippen LogP contribution in [0.2, 0.25) is 0 Å². The quantitative estimate of drug-likeness (QED) is 0.458. The molecule has 2 fully saturated rings. The highest BCUT2D eigenvalue weighted by Gasteiger charge is 2.45. The van der Waals surface area contributed by atoms with Crippen LogP contribution in [0.15, 0.2) is 48.8 Å². The molecule has 36 heavy (non-hydrogen) atoms. The van der Waals surface area contributed by atoms with Crippen molar-refractivity contribution in [1.29, 1.82) is 0 Å². The van der Waals surface area contributed by atoms with Gasteiger partial charge in [0.2, 0.25) is 0 Å². The molecule has 7 nitrogen and oxygen atoms in total. The van der Waals surface area contributed by atoms with Gasteiger partial charge in [-0.3, -0.25) is 4.79 Å². The number of carbonyl (C=O) groups is 1. The first-order chi connectivity index (χ1) is 17.5.